The molecule has 1 aromatic carbocycles. The SMILES string of the molecule is O=C(c1cccc(F)c1-c1ncco1)N1C2CCC1C(Nc1ncc(Br)cn1)C2. The fraction of sp³-hybridized carbons (Fsp3) is 0.300. The first-order valence-corrected chi connectivity index (χ1v) is 10.2. The van der Waals surface area contributed by atoms with E-state index in [9.17, 15) is 9.18 Å². The maximum Gasteiger partial charge on any atom is 0.255 e. The maximum atomic E-state index is 14.6. The number of amides is 1. The maximum absolute atomic E-state index is 14.6. The highest BCUT2D eigenvalue weighted by atomic mass is 79.9. The lowest BCUT2D eigenvalue weighted by Gasteiger charge is -2.25. The van der Waals surface area contributed by atoms with Crippen LogP contribution in [0.4, 0.5) is 10.3 Å². The molecule has 3 atom stereocenters. The van der Waals surface area contributed by atoms with Crippen molar-refractivity contribution in [2.24, 2.45) is 0 Å². The number of oxazole rings is 1. The van der Waals surface area contributed by atoms with Crippen LogP contribution in [0.5, 0.6) is 0 Å². The molecule has 2 bridgehead atoms. The van der Waals surface area contributed by atoms with Crippen molar-refractivity contribution in [3.63, 3.8) is 0 Å². The standard InChI is InChI=1S/C20H17BrFN5O2/c21-11-9-24-20(25-10-11)26-15-8-12-4-5-16(15)27(12)19(28)13-2-1-3-14(22)17(13)18-23-6-7-29-18/h1-3,6-7,9-10,12,15-16H,4-5,8H2,(H,24,25,26). The van der Waals surface area contributed by atoms with Gasteiger partial charge in [-0.15, -0.1) is 0 Å². The van der Waals surface area contributed by atoms with Crippen LogP contribution in [0, 0.1) is 5.82 Å². The number of nitrogens with zero attached hydrogens (tertiary/aromatic N) is 4. The van der Waals surface area contributed by atoms with Crippen molar-refractivity contribution in [3.05, 3.63) is 58.9 Å². The first-order valence-electron chi connectivity index (χ1n) is 9.37. The van der Waals surface area contributed by atoms with Crippen LogP contribution in [0.1, 0.15) is 29.6 Å². The van der Waals surface area contributed by atoms with Crippen molar-refractivity contribution in [1.82, 2.24) is 19.9 Å². The summed E-state index contributed by atoms with van der Waals surface area (Å²) in [5.41, 5.74) is 0.374. The van der Waals surface area contributed by atoms with E-state index in [4.69, 9.17) is 4.42 Å². The summed E-state index contributed by atoms with van der Waals surface area (Å²) in [6.07, 6.45) is 8.79. The van der Waals surface area contributed by atoms with Crippen LogP contribution >= 0.6 is 15.9 Å². The van der Waals surface area contributed by atoms with Gasteiger partial charge in [-0.2, -0.15) is 0 Å². The molecule has 3 unspecified atom stereocenters. The molecule has 1 N–H and O–H groups in total. The molecule has 3 aromatic rings. The number of benzene rings is 1. The van der Waals surface area contributed by atoms with Crippen LogP contribution in [0.3, 0.4) is 0 Å². The predicted octanol–water partition coefficient (Wildman–Crippen LogP) is 3.89. The minimum absolute atomic E-state index is 0.000393. The highest BCUT2D eigenvalue weighted by Gasteiger charge is 2.49. The Kier molecular flexibility index (Phi) is 4.54. The Hall–Kier alpha value is -2.81. The Bertz CT molecular complexity index is 1040. The van der Waals surface area contributed by atoms with E-state index in [-0.39, 0.29) is 41.1 Å². The Balaban J connectivity index is 1.43. The zero-order valence-corrected chi connectivity index (χ0v) is 16.8. The summed E-state index contributed by atoms with van der Waals surface area (Å²) in [4.78, 5) is 27.9. The van der Waals surface area contributed by atoms with Gasteiger partial charge < -0.3 is 14.6 Å². The van der Waals surface area contributed by atoms with E-state index in [1.807, 2.05) is 4.90 Å². The minimum Gasteiger partial charge on any atom is -0.444 e. The normalized spacial score (nSPS) is 22.8. The minimum atomic E-state index is -0.525. The highest BCUT2D eigenvalue weighted by molar-refractivity contribution is 9.10. The Labute approximate surface area is 174 Å². The average molecular weight is 458 g/mol. The van der Waals surface area contributed by atoms with Gasteiger partial charge in [-0.1, -0.05) is 6.07 Å². The molecule has 2 aromatic heterocycles. The third kappa shape index (κ3) is 3.19. The molecule has 2 aliphatic heterocycles. The molecule has 0 saturated carbocycles. The van der Waals surface area contributed by atoms with Gasteiger partial charge in [0, 0.05) is 18.4 Å². The number of carbonyl (C=O) groups excluding carboxylic acids is 1. The highest BCUT2D eigenvalue weighted by Crippen LogP contribution is 2.41. The molecule has 2 aliphatic rings. The van der Waals surface area contributed by atoms with Crippen molar-refractivity contribution in [2.75, 3.05) is 5.32 Å². The first kappa shape index (κ1) is 18.2. The molecule has 0 aliphatic carbocycles. The third-order valence-corrected chi connectivity index (χ3v) is 6.01. The molecule has 7 nitrogen and oxygen atoms in total. The van der Waals surface area contributed by atoms with E-state index in [0.717, 1.165) is 23.7 Å². The van der Waals surface area contributed by atoms with Crippen molar-refractivity contribution >= 4 is 27.8 Å². The second-order valence-corrected chi connectivity index (χ2v) is 8.14. The largest absolute Gasteiger partial charge is 0.444 e. The third-order valence-electron chi connectivity index (χ3n) is 5.60. The van der Waals surface area contributed by atoms with Crippen LogP contribution in [0.25, 0.3) is 11.5 Å². The van der Waals surface area contributed by atoms with Crippen LogP contribution in [-0.2, 0) is 0 Å². The molecule has 4 heterocycles. The molecule has 148 valence electrons. The summed E-state index contributed by atoms with van der Waals surface area (Å²) >= 11 is 3.33. The number of halogens is 2. The molecule has 2 saturated heterocycles. The molecule has 0 spiro atoms. The number of hydrogen-bond donors (Lipinski definition) is 1. The summed E-state index contributed by atoms with van der Waals surface area (Å²) in [5, 5.41) is 3.35. The fourth-order valence-electron chi connectivity index (χ4n) is 4.42. The van der Waals surface area contributed by atoms with Gasteiger partial charge in [0.05, 0.1) is 33.9 Å². The number of anilines is 1. The van der Waals surface area contributed by atoms with Crippen LogP contribution in [0.15, 0.2) is 51.9 Å². The summed E-state index contributed by atoms with van der Waals surface area (Å²) < 4.78 is 20.6. The lowest BCUT2D eigenvalue weighted by Crippen LogP contribution is -2.40. The van der Waals surface area contributed by atoms with Gasteiger partial charge in [-0.3, -0.25) is 4.79 Å². The molecule has 0 radical (unpaired) electrons. The number of fused-ring (bicyclic) bond motifs is 2. The smallest absolute Gasteiger partial charge is 0.255 e. The quantitative estimate of drug-likeness (QED) is 0.639. The van der Waals surface area contributed by atoms with E-state index in [0.29, 0.717) is 5.95 Å². The second kappa shape index (κ2) is 7.22. The molecule has 29 heavy (non-hydrogen) atoms. The van der Waals surface area contributed by atoms with E-state index < -0.39 is 5.82 Å². The molecule has 5 rings (SSSR count). The Morgan fingerprint density at radius 3 is 2.83 bits per heavy atom. The number of rotatable bonds is 4. The summed E-state index contributed by atoms with van der Waals surface area (Å²) in [5.74, 6) is -0.0886. The van der Waals surface area contributed by atoms with Gasteiger partial charge in [-0.05, 0) is 47.3 Å². The average Bonchev–Trinajstić information content (AvgIpc) is 3.45. The van der Waals surface area contributed by atoms with Crippen molar-refractivity contribution in [2.45, 2.75) is 37.4 Å². The zero-order chi connectivity index (χ0) is 20.0. The van der Waals surface area contributed by atoms with Crippen molar-refractivity contribution in [1.29, 1.82) is 0 Å². The second-order valence-electron chi connectivity index (χ2n) is 7.22. The van der Waals surface area contributed by atoms with E-state index >= 15 is 0 Å². The number of carbonyl (C=O) groups is 1. The number of hydrogen-bond acceptors (Lipinski definition) is 6. The monoisotopic (exact) mass is 457 g/mol. The molecular formula is C20H17BrFN5O2. The van der Waals surface area contributed by atoms with Crippen LogP contribution in [-0.4, -0.2) is 43.9 Å². The lowest BCUT2D eigenvalue weighted by molar-refractivity contribution is 0.0727. The van der Waals surface area contributed by atoms with Gasteiger partial charge in [0.1, 0.15) is 12.1 Å². The fourth-order valence-corrected chi connectivity index (χ4v) is 4.62. The van der Waals surface area contributed by atoms with E-state index in [2.05, 4.69) is 36.2 Å². The summed E-state index contributed by atoms with van der Waals surface area (Å²) in [7, 11) is 0. The van der Waals surface area contributed by atoms with Gasteiger partial charge >= 0.3 is 0 Å². The zero-order valence-electron chi connectivity index (χ0n) is 15.3. The number of aromatic nitrogens is 3. The van der Waals surface area contributed by atoms with Crippen molar-refractivity contribution < 1.29 is 13.6 Å². The summed E-state index contributed by atoms with van der Waals surface area (Å²) in [6.45, 7) is 0. The van der Waals surface area contributed by atoms with E-state index in [1.165, 1.54) is 18.5 Å². The van der Waals surface area contributed by atoms with Gasteiger partial charge in [0.2, 0.25) is 11.8 Å². The first-order chi connectivity index (χ1) is 14.1. The van der Waals surface area contributed by atoms with E-state index in [1.54, 1.807) is 24.5 Å². The molecule has 9 heteroatoms. The molecular weight excluding hydrogens is 441 g/mol. The van der Waals surface area contributed by atoms with Gasteiger partial charge in [0.25, 0.3) is 5.91 Å². The lowest BCUT2D eigenvalue weighted by atomic mass is 9.96. The molecule has 2 fully saturated rings. The molecule has 1 amide bonds. The van der Waals surface area contributed by atoms with Crippen molar-refractivity contribution in [3.8, 4) is 11.5 Å². The topological polar surface area (TPSA) is 84.2 Å². The van der Waals surface area contributed by atoms with Gasteiger partial charge in [0.15, 0.2) is 0 Å². The predicted molar refractivity (Wildman–Crippen MR) is 107 cm³/mol. The Morgan fingerprint density at radius 1 is 1.24 bits per heavy atom. The van der Waals surface area contributed by atoms with Crippen LogP contribution < -0.4 is 5.32 Å². The van der Waals surface area contributed by atoms with Gasteiger partial charge in [-0.25, -0.2) is 19.3 Å². The summed E-state index contributed by atoms with van der Waals surface area (Å²) in [6, 6.07) is 4.63. The number of nitrogens with one attached hydrogen (secondary N) is 1. The van der Waals surface area contributed by atoms with Crippen LogP contribution in [0.2, 0.25) is 0 Å². The Morgan fingerprint density at radius 2 is 2.07 bits per heavy atom.